The van der Waals surface area contributed by atoms with Crippen LogP contribution in [0.1, 0.15) is 0 Å². The van der Waals surface area contributed by atoms with E-state index < -0.39 is 15.9 Å². The van der Waals surface area contributed by atoms with Gasteiger partial charge in [-0.1, -0.05) is 0 Å². The summed E-state index contributed by atoms with van der Waals surface area (Å²) >= 11 is 0.413. The lowest BCUT2D eigenvalue weighted by atomic mass is 15.7. The Morgan fingerprint density at radius 1 is 1.80 bits per heavy atom. The van der Waals surface area contributed by atoms with Gasteiger partial charge in [0.1, 0.15) is 10.5 Å². The van der Waals surface area contributed by atoms with Crippen molar-refractivity contribution in [3.63, 3.8) is 0 Å². The Labute approximate surface area is 49.5 Å². The summed E-state index contributed by atoms with van der Waals surface area (Å²) in [6, 6.07) is 0. The summed E-state index contributed by atoms with van der Waals surface area (Å²) in [7, 11) is 0.858. The molecule has 0 aliphatic rings. The van der Waals surface area contributed by atoms with E-state index in [4.69, 9.17) is 6.32 Å². The Morgan fingerprint density at radius 3 is 2.40 bits per heavy atom. The van der Waals surface area contributed by atoms with Crippen LogP contribution in [0.25, 0.3) is 0 Å². The molecule has 0 aliphatic heterocycles. The van der Waals surface area contributed by atoms with E-state index in [0.717, 1.165) is 27.1 Å². The van der Waals surface area contributed by atoms with Gasteiger partial charge >= 0.3 is 32.5 Å². The first-order chi connectivity index (χ1) is 2.41. The van der Waals surface area contributed by atoms with Crippen LogP contribution in [0.4, 0.5) is 0 Å². The zero-order valence-corrected chi connectivity index (χ0v) is 8.94. The Morgan fingerprint density at radius 2 is 2.40 bits per heavy atom. The highest BCUT2D eigenvalue weighted by molar-refractivity contribution is 6.33. The van der Waals surface area contributed by atoms with Crippen molar-refractivity contribution in [2.24, 2.45) is 0 Å². The maximum absolute atomic E-state index is 4.78. The molecular weight excluding hydrogens is 114 g/mol. The van der Waals surface area contributed by atoms with Gasteiger partial charge in [-0.25, -0.2) is 0 Å². The monoisotopic (exact) mass is 120 g/mol. The standard InChI is InChI=1S/2Al.H3OSi.O.3H/c;;1-2;;;;/h;;2H3;;;;/q;+1;-1;;;;. The molecule has 0 heterocycles. The summed E-state index contributed by atoms with van der Waals surface area (Å²) in [5.74, 6) is 0. The van der Waals surface area contributed by atoms with E-state index in [0.29, 0.717) is 0 Å². The van der Waals surface area contributed by atoms with Crippen molar-refractivity contribution in [1.82, 2.24) is 0 Å². The molecule has 0 N–H and O–H groups in total. The molecule has 0 aromatic heterocycles. The van der Waals surface area contributed by atoms with Gasteiger partial charge in [-0.05, 0) is 0 Å². The van der Waals surface area contributed by atoms with Gasteiger partial charge in [-0.15, -0.1) is 0 Å². The van der Waals surface area contributed by atoms with Crippen LogP contribution in [0, 0.1) is 0 Å². The smallest absolute Gasteiger partial charge is 0.606 e. The second-order valence-electron chi connectivity index (χ2n) is 0.695. The highest BCUT2D eigenvalue weighted by Gasteiger charge is 1.78. The average molecular weight is 120 g/mol. The third-order valence-electron chi connectivity index (χ3n) is 0.236. The average Bonchev–Trinajstić information content (AvgIpc) is 1.41. The van der Waals surface area contributed by atoms with Gasteiger partial charge in [0.15, 0.2) is 0 Å². The molecule has 0 aliphatic carbocycles. The first-order valence-corrected chi connectivity index (χ1v) is 4.18. The second-order valence-corrected chi connectivity index (χ2v) is 5.55. The fraction of sp³-hybridized carbons (Fsp3) is 0. The van der Waals surface area contributed by atoms with Gasteiger partial charge in [0.2, 0.25) is 0 Å². The van der Waals surface area contributed by atoms with Crippen molar-refractivity contribution in [2.75, 3.05) is 0 Å². The van der Waals surface area contributed by atoms with Crippen molar-refractivity contribution < 1.29 is 6.32 Å². The Kier molecular flexibility index (Phi) is 6.45. The van der Waals surface area contributed by atoms with Crippen molar-refractivity contribution in [1.29, 1.82) is 0 Å². The molecule has 0 atom stereocenters. The predicted molar refractivity (Wildman–Crippen MR) is 27.8 cm³/mol. The third kappa shape index (κ3) is 5.20. The van der Waals surface area contributed by atoms with Gasteiger partial charge in [0.05, 0.1) is 0 Å². The predicted octanol–water partition coefficient (Wildman–Crippen LogP) is -2.89. The van der Waals surface area contributed by atoms with E-state index in [2.05, 4.69) is 0 Å². The molecule has 5 heteroatoms. The van der Waals surface area contributed by atoms with E-state index in [1.54, 1.807) is 0 Å². The van der Waals surface area contributed by atoms with Crippen molar-refractivity contribution >= 4 is 43.0 Å². The van der Waals surface area contributed by atoms with Gasteiger partial charge in [0.25, 0.3) is 0 Å². The largest absolute Gasteiger partial charge is 0.623 e. The van der Waals surface area contributed by atoms with Crippen LogP contribution in [0.15, 0.2) is 0 Å². The molecule has 0 aromatic carbocycles. The molecule has 0 amide bonds. The summed E-state index contributed by atoms with van der Waals surface area (Å²) < 4.78 is 9.56. The highest BCUT2D eigenvalue weighted by atomic mass is 28.2. The van der Waals surface area contributed by atoms with Crippen LogP contribution in [0.5, 0.6) is 0 Å². The summed E-state index contributed by atoms with van der Waals surface area (Å²) in [6.45, 7) is 0. The normalized spacial score (nSPS) is 8.00. The lowest BCUT2D eigenvalue weighted by Gasteiger charge is -1.86. The Bertz CT molecular complexity index is 15.1. The van der Waals surface area contributed by atoms with Crippen LogP contribution >= 0.6 is 0 Å². The molecule has 0 rings (SSSR count). The van der Waals surface area contributed by atoms with Crippen LogP contribution in [-0.2, 0) is 6.32 Å². The molecule has 2 nitrogen and oxygen atoms in total. The molecule has 0 saturated carbocycles. The first-order valence-electron chi connectivity index (χ1n) is 1.39. The van der Waals surface area contributed by atoms with Crippen molar-refractivity contribution in [3.8, 4) is 0 Å². The minimum absolute atomic E-state index is 0.444. The van der Waals surface area contributed by atoms with Crippen LogP contribution < -0.4 is 0 Å². The summed E-state index contributed by atoms with van der Waals surface area (Å²) in [5.41, 5.74) is 0. The summed E-state index contributed by atoms with van der Waals surface area (Å²) in [5, 5.41) is 0. The second kappa shape index (κ2) is 5.20. The summed E-state index contributed by atoms with van der Waals surface area (Å²) in [6.07, 6.45) is 0. The fourth-order valence-electron chi connectivity index (χ4n) is 0.118. The van der Waals surface area contributed by atoms with Crippen molar-refractivity contribution in [3.05, 3.63) is 0 Å². The lowest BCUT2D eigenvalue weighted by Crippen LogP contribution is -1.96. The zero-order chi connectivity index (χ0) is 4.12. The molecule has 0 aromatic rings. The molecule has 28 valence electrons. The highest BCUT2D eigenvalue weighted by Crippen LogP contribution is 1.52. The van der Waals surface area contributed by atoms with E-state index in [1.165, 1.54) is 0 Å². The van der Waals surface area contributed by atoms with Gasteiger partial charge in [-0.3, -0.25) is 0 Å². The van der Waals surface area contributed by atoms with Gasteiger partial charge in [-0.2, -0.15) is 0 Å². The molecule has 0 bridgehead atoms. The molecule has 5 heavy (non-hydrogen) atoms. The van der Waals surface area contributed by atoms with Crippen molar-refractivity contribution in [2.45, 2.75) is 0 Å². The van der Waals surface area contributed by atoms with E-state index >= 15 is 0 Å². The Hall–Kier alpha value is 1.20. The minimum Gasteiger partial charge on any atom is -0.623 e. The van der Waals surface area contributed by atoms with Crippen LogP contribution in [0.3, 0.4) is 0 Å². The SMILES string of the molecule is [AlH2][O][AlH][O][SiH3]. The van der Waals surface area contributed by atoms with E-state index in [1.807, 2.05) is 0 Å². The molecule has 0 fully saturated rings. The first kappa shape index (κ1) is 6.20. The van der Waals surface area contributed by atoms with Gasteiger partial charge < -0.3 is 6.32 Å². The lowest BCUT2D eigenvalue weighted by molar-refractivity contribution is 0.513. The zero-order valence-electron chi connectivity index (χ0n) is 3.52. The number of rotatable bonds is 2. The molecule has 0 spiro atoms. The fourth-order valence-corrected chi connectivity index (χ4v) is 3.18. The Balaban J connectivity index is 2.19. The molecule has 0 radical (unpaired) electrons. The minimum atomic E-state index is -0.444. The van der Waals surface area contributed by atoms with E-state index in [-0.39, 0.29) is 0 Å². The van der Waals surface area contributed by atoms with Gasteiger partial charge in [0, 0.05) is 0 Å². The summed E-state index contributed by atoms with van der Waals surface area (Å²) in [4.78, 5) is 0. The maximum atomic E-state index is 4.78. The molecular formula is H6Al2O2Si. The van der Waals surface area contributed by atoms with Crippen LogP contribution in [0.2, 0.25) is 0 Å². The molecule has 0 saturated heterocycles. The van der Waals surface area contributed by atoms with E-state index in [9.17, 15) is 0 Å². The molecule has 0 unspecified atom stereocenters. The third-order valence-corrected chi connectivity index (χ3v) is 2.12. The topological polar surface area (TPSA) is 18.5 Å². The number of hydrogen-bond donors (Lipinski definition) is 0. The number of hydrogen-bond acceptors (Lipinski definition) is 2. The van der Waals surface area contributed by atoms with Crippen LogP contribution in [-0.4, -0.2) is 43.0 Å². The maximum Gasteiger partial charge on any atom is 0.606 e. The quantitative estimate of drug-likeness (QED) is 0.364.